The van der Waals surface area contributed by atoms with Crippen LogP contribution in [0.4, 0.5) is 4.39 Å². The van der Waals surface area contributed by atoms with E-state index in [0.29, 0.717) is 5.76 Å². The first-order chi connectivity index (χ1) is 7.83. The summed E-state index contributed by atoms with van der Waals surface area (Å²) < 4.78 is 18.4. The van der Waals surface area contributed by atoms with E-state index in [1.807, 2.05) is 24.3 Å². The molecule has 3 aromatic rings. The Hall–Kier alpha value is -2.23. The van der Waals surface area contributed by atoms with Crippen LogP contribution in [0.1, 0.15) is 0 Å². The van der Waals surface area contributed by atoms with Crippen molar-refractivity contribution in [2.75, 3.05) is 0 Å². The van der Waals surface area contributed by atoms with E-state index in [9.17, 15) is 4.39 Å². The second kappa shape index (κ2) is 3.41. The SMILES string of the molecule is Fc1ccnc(-c2cc3ccccc3o2)n1. The van der Waals surface area contributed by atoms with Gasteiger partial charge in [-0.1, -0.05) is 18.2 Å². The Balaban J connectivity index is 2.19. The molecule has 0 bridgehead atoms. The van der Waals surface area contributed by atoms with Crippen LogP contribution in [-0.4, -0.2) is 9.97 Å². The Bertz CT molecular complexity index is 615. The molecule has 0 fully saturated rings. The number of aromatic nitrogens is 2. The van der Waals surface area contributed by atoms with Crippen LogP contribution in [0.5, 0.6) is 0 Å². The molecule has 0 amide bonds. The highest BCUT2D eigenvalue weighted by Gasteiger charge is 2.08. The number of benzene rings is 1. The summed E-state index contributed by atoms with van der Waals surface area (Å²) in [5, 5.41) is 0.949. The van der Waals surface area contributed by atoms with Gasteiger partial charge in [-0.15, -0.1) is 0 Å². The third-order valence-corrected chi connectivity index (χ3v) is 2.27. The summed E-state index contributed by atoms with van der Waals surface area (Å²) >= 11 is 0. The third-order valence-electron chi connectivity index (χ3n) is 2.27. The van der Waals surface area contributed by atoms with Gasteiger partial charge in [0.15, 0.2) is 11.6 Å². The number of nitrogens with zero attached hydrogens (tertiary/aromatic N) is 2. The molecule has 0 N–H and O–H groups in total. The second-order valence-electron chi connectivity index (χ2n) is 3.35. The van der Waals surface area contributed by atoms with E-state index in [2.05, 4.69) is 9.97 Å². The van der Waals surface area contributed by atoms with Crippen molar-refractivity contribution >= 4 is 11.0 Å². The van der Waals surface area contributed by atoms with Gasteiger partial charge in [-0.2, -0.15) is 9.37 Å². The third kappa shape index (κ3) is 1.44. The minimum absolute atomic E-state index is 0.260. The minimum atomic E-state index is -0.564. The summed E-state index contributed by atoms with van der Waals surface area (Å²) in [4.78, 5) is 7.63. The molecule has 78 valence electrons. The molecule has 0 atom stereocenters. The van der Waals surface area contributed by atoms with E-state index in [1.54, 1.807) is 6.07 Å². The molecular weight excluding hydrogens is 207 g/mol. The molecule has 0 aliphatic heterocycles. The van der Waals surface area contributed by atoms with E-state index in [4.69, 9.17) is 4.42 Å². The summed E-state index contributed by atoms with van der Waals surface area (Å²) in [6.45, 7) is 0. The van der Waals surface area contributed by atoms with Gasteiger partial charge in [-0.3, -0.25) is 0 Å². The molecule has 3 nitrogen and oxygen atoms in total. The van der Waals surface area contributed by atoms with Crippen molar-refractivity contribution in [3.63, 3.8) is 0 Å². The quantitative estimate of drug-likeness (QED) is 0.584. The molecule has 0 aliphatic rings. The molecule has 0 saturated carbocycles. The summed E-state index contributed by atoms with van der Waals surface area (Å²) in [6.07, 6.45) is 1.37. The van der Waals surface area contributed by atoms with Crippen LogP contribution in [0.3, 0.4) is 0 Å². The standard InChI is InChI=1S/C12H7FN2O/c13-11-5-6-14-12(15-11)10-7-8-3-1-2-4-9(8)16-10/h1-7H. The first-order valence-corrected chi connectivity index (χ1v) is 4.80. The molecule has 0 unspecified atom stereocenters. The van der Waals surface area contributed by atoms with Crippen LogP contribution in [0, 0.1) is 5.95 Å². The average Bonchev–Trinajstić information content (AvgIpc) is 2.72. The van der Waals surface area contributed by atoms with Crippen LogP contribution in [0.2, 0.25) is 0 Å². The lowest BCUT2D eigenvalue weighted by atomic mass is 10.2. The van der Waals surface area contributed by atoms with Gasteiger partial charge in [0.1, 0.15) is 5.58 Å². The largest absolute Gasteiger partial charge is 0.453 e. The van der Waals surface area contributed by atoms with E-state index < -0.39 is 5.95 Å². The van der Waals surface area contributed by atoms with E-state index in [1.165, 1.54) is 12.3 Å². The van der Waals surface area contributed by atoms with Gasteiger partial charge in [-0.05, 0) is 12.1 Å². The fraction of sp³-hybridized carbons (Fsp3) is 0. The van der Waals surface area contributed by atoms with Crippen molar-refractivity contribution in [2.24, 2.45) is 0 Å². The summed E-state index contributed by atoms with van der Waals surface area (Å²) in [7, 11) is 0. The maximum atomic E-state index is 12.9. The maximum Gasteiger partial charge on any atom is 0.216 e. The molecule has 0 saturated heterocycles. The first kappa shape index (κ1) is 9.03. The van der Waals surface area contributed by atoms with Gasteiger partial charge in [0, 0.05) is 17.6 Å². The molecule has 2 heterocycles. The number of furan rings is 1. The molecule has 0 radical (unpaired) electrons. The lowest BCUT2D eigenvalue weighted by Crippen LogP contribution is -1.89. The van der Waals surface area contributed by atoms with Crippen molar-refractivity contribution in [3.8, 4) is 11.6 Å². The van der Waals surface area contributed by atoms with Gasteiger partial charge < -0.3 is 4.42 Å². The maximum absolute atomic E-state index is 12.9. The van der Waals surface area contributed by atoms with Crippen LogP contribution >= 0.6 is 0 Å². The highest BCUT2D eigenvalue weighted by molar-refractivity contribution is 5.81. The smallest absolute Gasteiger partial charge is 0.216 e. The summed E-state index contributed by atoms with van der Waals surface area (Å²) in [6, 6.07) is 10.5. The van der Waals surface area contributed by atoms with Gasteiger partial charge in [0.2, 0.25) is 5.95 Å². The van der Waals surface area contributed by atoms with E-state index >= 15 is 0 Å². The second-order valence-corrected chi connectivity index (χ2v) is 3.35. The lowest BCUT2D eigenvalue weighted by Gasteiger charge is -1.93. The lowest BCUT2D eigenvalue weighted by molar-refractivity contribution is 0.572. The highest BCUT2D eigenvalue weighted by atomic mass is 19.1. The number of fused-ring (bicyclic) bond motifs is 1. The Morgan fingerprint density at radius 1 is 1.12 bits per heavy atom. The van der Waals surface area contributed by atoms with Crippen LogP contribution in [-0.2, 0) is 0 Å². The fourth-order valence-electron chi connectivity index (χ4n) is 1.55. The molecular formula is C12H7FN2O. The van der Waals surface area contributed by atoms with Crippen molar-refractivity contribution < 1.29 is 8.81 Å². The minimum Gasteiger partial charge on any atom is -0.453 e. The van der Waals surface area contributed by atoms with E-state index in [-0.39, 0.29) is 5.82 Å². The van der Waals surface area contributed by atoms with Crippen LogP contribution in [0.15, 0.2) is 47.0 Å². The predicted octanol–water partition coefficient (Wildman–Crippen LogP) is 3.03. The monoisotopic (exact) mass is 214 g/mol. The molecule has 2 aromatic heterocycles. The van der Waals surface area contributed by atoms with Crippen molar-refractivity contribution in [2.45, 2.75) is 0 Å². The van der Waals surface area contributed by atoms with Crippen LogP contribution < -0.4 is 0 Å². The molecule has 4 heteroatoms. The topological polar surface area (TPSA) is 38.9 Å². The molecule has 16 heavy (non-hydrogen) atoms. The number of hydrogen-bond acceptors (Lipinski definition) is 3. The Morgan fingerprint density at radius 3 is 2.81 bits per heavy atom. The van der Waals surface area contributed by atoms with Gasteiger partial charge in [-0.25, -0.2) is 4.98 Å². The Labute approximate surface area is 90.6 Å². The van der Waals surface area contributed by atoms with Crippen molar-refractivity contribution in [1.29, 1.82) is 0 Å². The normalized spacial score (nSPS) is 10.8. The van der Waals surface area contributed by atoms with Gasteiger partial charge in [0.25, 0.3) is 0 Å². The molecule has 3 rings (SSSR count). The molecule has 0 aliphatic carbocycles. The first-order valence-electron chi connectivity index (χ1n) is 4.80. The number of halogens is 1. The zero-order valence-corrected chi connectivity index (χ0v) is 8.22. The van der Waals surface area contributed by atoms with Gasteiger partial charge >= 0.3 is 0 Å². The fourth-order valence-corrected chi connectivity index (χ4v) is 1.55. The van der Waals surface area contributed by atoms with E-state index in [0.717, 1.165) is 11.0 Å². The summed E-state index contributed by atoms with van der Waals surface area (Å²) in [5.74, 6) is 0.169. The molecule has 0 spiro atoms. The Morgan fingerprint density at radius 2 is 2.00 bits per heavy atom. The summed E-state index contributed by atoms with van der Waals surface area (Å²) in [5.41, 5.74) is 0.741. The van der Waals surface area contributed by atoms with Crippen LogP contribution in [0.25, 0.3) is 22.6 Å². The zero-order valence-electron chi connectivity index (χ0n) is 8.22. The number of rotatable bonds is 1. The number of hydrogen-bond donors (Lipinski definition) is 0. The van der Waals surface area contributed by atoms with Crippen molar-refractivity contribution in [1.82, 2.24) is 9.97 Å². The average molecular weight is 214 g/mol. The molecule has 1 aromatic carbocycles. The Kier molecular flexibility index (Phi) is 1.93. The predicted molar refractivity (Wildman–Crippen MR) is 57.2 cm³/mol. The van der Waals surface area contributed by atoms with Gasteiger partial charge in [0.05, 0.1) is 0 Å². The highest BCUT2D eigenvalue weighted by Crippen LogP contribution is 2.24. The zero-order chi connectivity index (χ0) is 11.0. The number of para-hydroxylation sites is 1. The van der Waals surface area contributed by atoms with Crippen molar-refractivity contribution in [3.05, 3.63) is 48.5 Å².